The maximum absolute atomic E-state index is 11.3. The van der Waals surface area contributed by atoms with Crippen molar-refractivity contribution < 1.29 is 4.79 Å². The van der Waals surface area contributed by atoms with Crippen LogP contribution in [0.1, 0.15) is 21.5 Å². The smallest absolute Gasteiger partial charge is 0.173 e. The van der Waals surface area contributed by atoms with Gasteiger partial charge in [0, 0.05) is 5.56 Å². The normalized spacial score (nSPS) is 9.92. The standard InChI is InChI=1S/C10H11BrO/c1-7-3-4-9(8(2)5-7)10(12)6-11/h3-5H,6H2,1-2H3. The first-order chi connectivity index (χ1) is 5.65. The number of Topliss-reactive ketones (excluding diaryl/α,β-unsaturated/α-hetero) is 1. The van der Waals surface area contributed by atoms with Crippen molar-refractivity contribution in [3.63, 3.8) is 0 Å². The first-order valence-corrected chi connectivity index (χ1v) is 4.93. The van der Waals surface area contributed by atoms with Crippen molar-refractivity contribution >= 4 is 21.7 Å². The van der Waals surface area contributed by atoms with Crippen LogP contribution in [0.15, 0.2) is 18.2 Å². The van der Waals surface area contributed by atoms with Crippen LogP contribution in [0.3, 0.4) is 0 Å². The van der Waals surface area contributed by atoms with E-state index < -0.39 is 0 Å². The van der Waals surface area contributed by atoms with Gasteiger partial charge in [-0.2, -0.15) is 0 Å². The molecule has 1 aromatic carbocycles. The third kappa shape index (κ3) is 1.95. The number of rotatable bonds is 2. The van der Waals surface area contributed by atoms with Crippen molar-refractivity contribution in [2.45, 2.75) is 13.8 Å². The van der Waals surface area contributed by atoms with E-state index in [1.807, 2.05) is 32.0 Å². The van der Waals surface area contributed by atoms with Crippen molar-refractivity contribution in [3.8, 4) is 0 Å². The van der Waals surface area contributed by atoms with Crippen LogP contribution in [-0.4, -0.2) is 11.1 Å². The summed E-state index contributed by atoms with van der Waals surface area (Å²) < 4.78 is 0. The molecule has 0 aliphatic carbocycles. The Morgan fingerprint density at radius 1 is 1.42 bits per heavy atom. The van der Waals surface area contributed by atoms with E-state index in [4.69, 9.17) is 0 Å². The molecule has 0 N–H and O–H groups in total. The minimum absolute atomic E-state index is 0.146. The largest absolute Gasteiger partial charge is 0.293 e. The second-order valence-corrected chi connectivity index (χ2v) is 3.44. The van der Waals surface area contributed by atoms with Gasteiger partial charge in [-0.05, 0) is 19.4 Å². The molecule has 1 rings (SSSR count). The van der Waals surface area contributed by atoms with Crippen molar-refractivity contribution in [3.05, 3.63) is 34.9 Å². The van der Waals surface area contributed by atoms with Crippen molar-refractivity contribution in [2.75, 3.05) is 5.33 Å². The molecule has 0 unspecified atom stereocenters. The lowest BCUT2D eigenvalue weighted by molar-refractivity contribution is 0.102. The molecule has 64 valence electrons. The Bertz CT molecular complexity index is 305. The summed E-state index contributed by atoms with van der Waals surface area (Å²) in [5.41, 5.74) is 3.07. The number of hydrogen-bond acceptors (Lipinski definition) is 1. The molecular weight excluding hydrogens is 216 g/mol. The van der Waals surface area contributed by atoms with Gasteiger partial charge in [0.25, 0.3) is 0 Å². The third-order valence-corrected chi connectivity index (χ3v) is 2.31. The zero-order valence-corrected chi connectivity index (χ0v) is 8.81. The van der Waals surface area contributed by atoms with E-state index >= 15 is 0 Å². The number of carbonyl (C=O) groups excluding carboxylic acids is 1. The quantitative estimate of drug-likeness (QED) is 0.560. The average molecular weight is 227 g/mol. The number of benzene rings is 1. The Morgan fingerprint density at radius 3 is 2.58 bits per heavy atom. The first kappa shape index (κ1) is 9.46. The van der Waals surface area contributed by atoms with E-state index in [2.05, 4.69) is 15.9 Å². The van der Waals surface area contributed by atoms with Gasteiger partial charge < -0.3 is 0 Å². The molecule has 0 fully saturated rings. The van der Waals surface area contributed by atoms with Gasteiger partial charge in [-0.25, -0.2) is 0 Å². The van der Waals surface area contributed by atoms with Gasteiger partial charge in [0.2, 0.25) is 0 Å². The molecule has 0 saturated carbocycles. The Labute approximate surface area is 80.9 Å². The molecule has 0 saturated heterocycles. The van der Waals surface area contributed by atoms with Gasteiger partial charge >= 0.3 is 0 Å². The molecule has 0 aliphatic rings. The van der Waals surface area contributed by atoms with Gasteiger partial charge in [-0.1, -0.05) is 39.7 Å². The predicted octanol–water partition coefficient (Wildman–Crippen LogP) is 2.88. The zero-order chi connectivity index (χ0) is 9.14. The fourth-order valence-corrected chi connectivity index (χ4v) is 1.50. The summed E-state index contributed by atoms with van der Waals surface area (Å²) in [6, 6.07) is 5.87. The summed E-state index contributed by atoms with van der Waals surface area (Å²) >= 11 is 3.15. The molecule has 2 heteroatoms. The van der Waals surface area contributed by atoms with Crippen molar-refractivity contribution in [1.29, 1.82) is 0 Å². The lowest BCUT2D eigenvalue weighted by Gasteiger charge is -2.02. The molecule has 1 nitrogen and oxygen atoms in total. The second-order valence-electron chi connectivity index (χ2n) is 2.88. The van der Waals surface area contributed by atoms with Gasteiger partial charge in [0.05, 0.1) is 5.33 Å². The molecule has 0 spiro atoms. The number of ketones is 1. The van der Waals surface area contributed by atoms with Crippen molar-refractivity contribution in [2.24, 2.45) is 0 Å². The minimum Gasteiger partial charge on any atom is -0.293 e. The molecule has 0 bridgehead atoms. The van der Waals surface area contributed by atoms with E-state index in [1.165, 1.54) is 5.56 Å². The van der Waals surface area contributed by atoms with E-state index in [-0.39, 0.29) is 5.78 Å². The summed E-state index contributed by atoms with van der Waals surface area (Å²) in [5, 5.41) is 0.400. The van der Waals surface area contributed by atoms with Crippen LogP contribution < -0.4 is 0 Å². The molecule has 12 heavy (non-hydrogen) atoms. The molecule has 1 aromatic rings. The molecule has 0 amide bonds. The number of carbonyl (C=O) groups is 1. The maximum atomic E-state index is 11.3. The number of alkyl halides is 1. The van der Waals surface area contributed by atoms with E-state index in [1.54, 1.807) is 0 Å². The monoisotopic (exact) mass is 226 g/mol. The summed E-state index contributed by atoms with van der Waals surface area (Å²) in [4.78, 5) is 11.3. The third-order valence-electron chi connectivity index (χ3n) is 1.80. The highest BCUT2D eigenvalue weighted by atomic mass is 79.9. The Morgan fingerprint density at radius 2 is 2.08 bits per heavy atom. The molecule has 0 radical (unpaired) electrons. The molecule has 0 atom stereocenters. The van der Waals surface area contributed by atoms with Crippen LogP contribution in [0.2, 0.25) is 0 Å². The fourth-order valence-electron chi connectivity index (χ4n) is 1.20. The van der Waals surface area contributed by atoms with Crippen LogP contribution in [0.5, 0.6) is 0 Å². The van der Waals surface area contributed by atoms with E-state index in [0.717, 1.165) is 11.1 Å². The number of halogens is 1. The Hall–Kier alpha value is -0.630. The summed E-state index contributed by atoms with van der Waals surface area (Å²) in [6.45, 7) is 3.98. The van der Waals surface area contributed by atoms with Gasteiger partial charge in [-0.3, -0.25) is 4.79 Å². The summed E-state index contributed by atoms with van der Waals surface area (Å²) in [6.07, 6.45) is 0. The summed E-state index contributed by atoms with van der Waals surface area (Å²) in [5.74, 6) is 0.146. The lowest BCUT2D eigenvalue weighted by Crippen LogP contribution is -2.02. The zero-order valence-electron chi connectivity index (χ0n) is 7.23. The fraction of sp³-hybridized carbons (Fsp3) is 0.300. The highest BCUT2D eigenvalue weighted by Gasteiger charge is 2.06. The Balaban J connectivity index is 3.09. The van der Waals surface area contributed by atoms with E-state index in [0.29, 0.717) is 5.33 Å². The van der Waals surface area contributed by atoms with Crippen molar-refractivity contribution in [1.82, 2.24) is 0 Å². The Kier molecular flexibility index (Phi) is 3.04. The van der Waals surface area contributed by atoms with Crippen LogP contribution in [0, 0.1) is 13.8 Å². The SMILES string of the molecule is Cc1ccc(C(=O)CBr)c(C)c1. The van der Waals surface area contributed by atoms with Crippen LogP contribution in [0.25, 0.3) is 0 Å². The first-order valence-electron chi connectivity index (χ1n) is 3.81. The van der Waals surface area contributed by atoms with E-state index in [9.17, 15) is 4.79 Å². The van der Waals surface area contributed by atoms with Crippen LogP contribution in [-0.2, 0) is 0 Å². The average Bonchev–Trinajstić information content (AvgIpc) is 2.03. The van der Waals surface area contributed by atoms with Gasteiger partial charge in [0.1, 0.15) is 0 Å². The maximum Gasteiger partial charge on any atom is 0.173 e. The highest BCUT2D eigenvalue weighted by Crippen LogP contribution is 2.11. The topological polar surface area (TPSA) is 17.1 Å². The summed E-state index contributed by atoms with van der Waals surface area (Å²) in [7, 11) is 0. The molecular formula is C10H11BrO. The lowest BCUT2D eigenvalue weighted by atomic mass is 10.0. The second kappa shape index (κ2) is 3.85. The predicted molar refractivity (Wildman–Crippen MR) is 54.0 cm³/mol. The number of aryl methyl sites for hydroxylation is 2. The molecule has 0 aliphatic heterocycles. The highest BCUT2D eigenvalue weighted by molar-refractivity contribution is 9.09. The van der Waals surface area contributed by atoms with Gasteiger partial charge in [-0.15, -0.1) is 0 Å². The van der Waals surface area contributed by atoms with Gasteiger partial charge in [0.15, 0.2) is 5.78 Å². The minimum atomic E-state index is 0.146. The van der Waals surface area contributed by atoms with Crippen LogP contribution >= 0.6 is 15.9 Å². The molecule has 0 aromatic heterocycles. The number of hydrogen-bond donors (Lipinski definition) is 0. The molecule has 0 heterocycles. The van der Waals surface area contributed by atoms with Crippen LogP contribution in [0.4, 0.5) is 0 Å².